The van der Waals surface area contributed by atoms with E-state index in [0.717, 1.165) is 39.1 Å². The van der Waals surface area contributed by atoms with Crippen molar-refractivity contribution in [2.45, 2.75) is 13.0 Å². The van der Waals surface area contributed by atoms with Gasteiger partial charge in [-0.25, -0.2) is 0 Å². The summed E-state index contributed by atoms with van der Waals surface area (Å²) in [7, 11) is 0. The maximum atomic E-state index is 12.6. The molecule has 122 valence electrons. The zero-order valence-corrected chi connectivity index (χ0v) is 13.7. The van der Waals surface area contributed by atoms with Crippen molar-refractivity contribution in [1.82, 2.24) is 9.80 Å². The van der Waals surface area contributed by atoms with Crippen LogP contribution in [0.3, 0.4) is 0 Å². The fraction of sp³-hybridized carbons (Fsp3) is 0.300. The van der Waals surface area contributed by atoms with Gasteiger partial charge in [-0.2, -0.15) is 5.26 Å². The molecule has 0 radical (unpaired) electrons. The van der Waals surface area contributed by atoms with E-state index in [1.165, 1.54) is 5.56 Å². The molecule has 1 aliphatic rings. The van der Waals surface area contributed by atoms with Crippen molar-refractivity contribution in [3.05, 3.63) is 71.3 Å². The minimum absolute atomic E-state index is 0.0565. The molecule has 0 saturated carbocycles. The van der Waals surface area contributed by atoms with Crippen molar-refractivity contribution in [3.63, 3.8) is 0 Å². The van der Waals surface area contributed by atoms with E-state index in [1.807, 2.05) is 11.0 Å². The van der Waals surface area contributed by atoms with Gasteiger partial charge in [0, 0.05) is 38.3 Å². The van der Waals surface area contributed by atoms with Crippen molar-refractivity contribution in [2.75, 3.05) is 26.2 Å². The molecule has 24 heavy (non-hydrogen) atoms. The molecule has 1 saturated heterocycles. The molecule has 4 heteroatoms. The molecule has 0 aromatic heterocycles. The molecule has 2 aromatic carbocycles. The first-order valence-corrected chi connectivity index (χ1v) is 8.32. The second-order valence-corrected chi connectivity index (χ2v) is 6.10. The van der Waals surface area contributed by atoms with E-state index >= 15 is 0 Å². The van der Waals surface area contributed by atoms with Crippen LogP contribution in [0.15, 0.2) is 54.6 Å². The van der Waals surface area contributed by atoms with E-state index in [0.29, 0.717) is 11.1 Å². The fourth-order valence-electron chi connectivity index (χ4n) is 3.04. The first-order valence-electron chi connectivity index (χ1n) is 8.32. The molecule has 1 aliphatic heterocycles. The van der Waals surface area contributed by atoms with E-state index in [9.17, 15) is 4.79 Å². The molecule has 1 amide bonds. The maximum absolute atomic E-state index is 12.6. The molecule has 0 unspecified atom stereocenters. The van der Waals surface area contributed by atoms with Crippen LogP contribution in [0.5, 0.6) is 0 Å². The monoisotopic (exact) mass is 319 g/mol. The molecule has 3 rings (SSSR count). The summed E-state index contributed by atoms with van der Waals surface area (Å²) in [6.07, 6.45) is 0.981. The molecular formula is C20H21N3O. The molecule has 1 heterocycles. The largest absolute Gasteiger partial charge is 0.337 e. The van der Waals surface area contributed by atoms with E-state index in [-0.39, 0.29) is 5.91 Å². The van der Waals surface area contributed by atoms with Gasteiger partial charge in [-0.1, -0.05) is 30.3 Å². The predicted octanol–water partition coefficient (Wildman–Crippen LogP) is 2.91. The van der Waals surface area contributed by atoms with Crippen molar-refractivity contribution < 1.29 is 4.79 Å². The van der Waals surface area contributed by atoms with Crippen LogP contribution in [-0.2, 0) is 6.54 Å². The van der Waals surface area contributed by atoms with Crippen LogP contribution in [0.25, 0.3) is 0 Å². The quantitative estimate of drug-likeness (QED) is 0.874. The number of nitriles is 1. The fourth-order valence-corrected chi connectivity index (χ4v) is 3.04. The van der Waals surface area contributed by atoms with Gasteiger partial charge in [0.1, 0.15) is 0 Å². The maximum Gasteiger partial charge on any atom is 0.253 e. The van der Waals surface area contributed by atoms with Gasteiger partial charge in [-0.05, 0) is 36.2 Å². The Labute approximate surface area is 142 Å². The minimum atomic E-state index is 0.0565. The number of carbonyl (C=O) groups is 1. The third-order valence-corrected chi connectivity index (χ3v) is 4.39. The summed E-state index contributed by atoms with van der Waals surface area (Å²) in [5.41, 5.74) is 2.55. The molecule has 0 atom stereocenters. The number of amides is 1. The predicted molar refractivity (Wildman–Crippen MR) is 93.4 cm³/mol. The highest BCUT2D eigenvalue weighted by molar-refractivity contribution is 5.94. The second kappa shape index (κ2) is 7.76. The van der Waals surface area contributed by atoms with Crippen LogP contribution < -0.4 is 0 Å². The van der Waals surface area contributed by atoms with E-state index in [4.69, 9.17) is 5.26 Å². The molecule has 1 fully saturated rings. The summed E-state index contributed by atoms with van der Waals surface area (Å²) < 4.78 is 0. The van der Waals surface area contributed by atoms with E-state index < -0.39 is 0 Å². The van der Waals surface area contributed by atoms with Crippen molar-refractivity contribution in [3.8, 4) is 6.07 Å². The zero-order chi connectivity index (χ0) is 16.8. The van der Waals surface area contributed by atoms with Crippen LogP contribution in [0.4, 0.5) is 0 Å². The first kappa shape index (κ1) is 16.2. The van der Waals surface area contributed by atoms with Crippen molar-refractivity contribution in [1.29, 1.82) is 5.26 Å². The average Bonchev–Trinajstić information content (AvgIpc) is 2.88. The third kappa shape index (κ3) is 4.01. The SMILES string of the molecule is N#Cc1ccc(C(=O)N2CCCN(Cc3ccccc3)CC2)cc1. The van der Waals surface area contributed by atoms with Gasteiger partial charge in [0.15, 0.2) is 0 Å². The van der Waals surface area contributed by atoms with Gasteiger partial charge in [-0.15, -0.1) is 0 Å². The first-order chi connectivity index (χ1) is 11.8. The molecule has 0 N–H and O–H groups in total. The molecule has 4 nitrogen and oxygen atoms in total. The summed E-state index contributed by atoms with van der Waals surface area (Å²) in [6, 6.07) is 19.4. The smallest absolute Gasteiger partial charge is 0.253 e. The number of carbonyl (C=O) groups excluding carboxylic acids is 1. The van der Waals surface area contributed by atoms with Crippen molar-refractivity contribution >= 4 is 5.91 Å². The number of hydrogen-bond donors (Lipinski definition) is 0. The van der Waals surface area contributed by atoms with Crippen LogP contribution in [0, 0.1) is 11.3 Å². The summed E-state index contributed by atoms with van der Waals surface area (Å²) >= 11 is 0. The van der Waals surface area contributed by atoms with Crippen LogP contribution in [0.1, 0.15) is 27.9 Å². The van der Waals surface area contributed by atoms with Crippen LogP contribution in [-0.4, -0.2) is 41.9 Å². The van der Waals surface area contributed by atoms with Gasteiger partial charge in [0.05, 0.1) is 11.6 Å². The number of nitrogens with zero attached hydrogens (tertiary/aromatic N) is 3. The van der Waals surface area contributed by atoms with Gasteiger partial charge in [-0.3, -0.25) is 9.69 Å². The van der Waals surface area contributed by atoms with Crippen LogP contribution >= 0.6 is 0 Å². The summed E-state index contributed by atoms with van der Waals surface area (Å²) in [6.45, 7) is 4.35. The standard InChI is InChI=1S/C20H21N3O/c21-15-17-7-9-19(10-8-17)20(24)23-12-4-11-22(13-14-23)16-18-5-2-1-3-6-18/h1-3,5-10H,4,11-14,16H2. The molecular weight excluding hydrogens is 298 g/mol. The lowest BCUT2D eigenvalue weighted by Crippen LogP contribution is -2.35. The number of hydrogen-bond acceptors (Lipinski definition) is 3. The minimum Gasteiger partial charge on any atom is -0.337 e. The Morgan fingerprint density at radius 2 is 1.71 bits per heavy atom. The van der Waals surface area contributed by atoms with Gasteiger partial charge in [0.2, 0.25) is 0 Å². The molecule has 0 bridgehead atoms. The zero-order valence-electron chi connectivity index (χ0n) is 13.7. The van der Waals surface area contributed by atoms with Gasteiger partial charge >= 0.3 is 0 Å². The van der Waals surface area contributed by atoms with Gasteiger partial charge < -0.3 is 4.90 Å². The average molecular weight is 319 g/mol. The normalized spacial score (nSPS) is 15.5. The highest BCUT2D eigenvalue weighted by Gasteiger charge is 2.20. The second-order valence-electron chi connectivity index (χ2n) is 6.10. The Bertz CT molecular complexity index is 719. The third-order valence-electron chi connectivity index (χ3n) is 4.39. The topological polar surface area (TPSA) is 47.3 Å². The molecule has 0 aliphatic carbocycles. The lowest BCUT2D eigenvalue weighted by atomic mass is 10.1. The lowest BCUT2D eigenvalue weighted by Gasteiger charge is -2.22. The van der Waals surface area contributed by atoms with Crippen molar-refractivity contribution in [2.24, 2.45) is 0 Å². The Balaban J connectivity index is 1.60. The lowest BCUT2D eigenvalue weighted by molar-refractivity contribution is 0.0761. The van der Waals surface area contributed by atoms with Gasteiger partial charge in [0.25, 0.3) is 5.91 Å². The number of rotatable bonds is 3. The Hall–Kier alpha value is -2.64. The molecule has 0 spiro atoms. The summed E-state index contributed by atoms with van der Waals surface area (Å²) in [5.74, 6) is 0.0565. The van der Waals surface area contributed by atoms with Crippen LogP contribution in [0.2, 0.25) is 0 Å². The Morgan fingerprint density at radius 3 is 2.42 bits per heavy atom. The Morgan fingerprint density at radius 1 is 0.958 bits per heavy atom. The highest BCUT2D eigenvalue weighted by atomic mass is 16.2. The molecule has 2 aromatic rings. The Kier molecular flexibility index (Phi) is 5.25. The number of benzene rings is 2. The van der Waals surface area contributed by atoms with E-state index in [1.54, 1.807) is 24.3 Å². The summed E-state index contributed by atoms with van der Waals surface area (Å²) in [5, 5.41) is 8.85. The van der Waals surface area contributed by atoms with E-state index in [2.05, 4.69) is 35.2 Å². The highest BCUT2D eigenvalue weighted by Crippen LogP contribution is 2.12. The summed E-state index contributed by atoms with van der Waals surface area (Å²) in [4.78, 5) is 17.0.